The molecule has 1 amide bonds. The Morgan fingerprint density at radius 2 is 1.72 bits per heavy atom. The molecule has 0 saturated carbocycles. The molecule has 1 aromatic carbocycles. The van der Waals surface area contributed by atoms with Crippen LogP contribution in [-0.2, 0) is 0 Å². The summed E-state index contributed by atoms with van der Waals surface area (Å²) in [6.07, 6.45) is 3.16. The molecule has 0 radical (unpaired) electrons. The standard InChI is InChI=1S/C18H22N2O4.ClH/c1-4-6-20(7-5-2)17(21)14-8-13(9-15(10-14)18(22)23)16-11-24-19-12(16)3;/h8-11H,4-7H2,1-3H3,(H,22,23);1H. The van der Waals surface area contributed by atoms with Gasteiger partial charge in [-0.2, -0.15) is 0 Å². The fraction of sp³-hybridized carbons (Fsp3) is 0.389. The molecule has 7 heteroatoms. The van der Waals surface area contributed by atoms with Gasteiger partial charge in [-0.1, -0.05) is 19.0 Å². The monoisotopic (exact) mass is 366 g/mol. The first-order chi connectivity index (χ1) is 11.5. The summed E-state index contributed by atoms with van der Waals surface area (Å²) in [5, 5.41) is 13.2. The quantitative estimate of drug-likeness (QED) is 0.799. The van der Waals surface area contributed by atoms with Crippen LogP contribution in [0.2, 0.25) is 0 Å². The van der Waals surface area contributed by atoms with Gasteiger partial charge in [-0.25, -0.2) is 4.79 Å². The highest BCUT2D eigenvalue weighted by molar-refractivity contribution is 5.99. The lowest BCUT2D eigenvalue weighted by Gasteiger charge is -2.22. The molecule has 1 heterocycles. The number of aromatic carboxylic acids is 1. The van der Waals surface area contributed by atoms with Crippen molar-refractivity contribution in [3.8, 4) is 11.1 Å². The van der Waals surface area contributed by atoms with Crippen LogP contribution in [0.1, 0.15) is 53.1 Å². The Morgan fingerprint density at radius 1 is 1.12 bits per heavy atom. The molecule has 0 bridgehead atoms. The Hall–Kier alpha value is -2.34. The van der Waals surface area contributed by atoms with Crippen molar-refractivity contribution in [2.45, 2.75) is 33.6 Å². The Bertz CT molecular complexity index is 736. The zero-order valence-electron chi connectivity index (χ0n) is 14.6. The molecule has 0 aliphatic rings. The van der Waals surface area contributed by atoms with E-state index in [0.717, 1.165) is 12.8 Å². The molecular formula is C18H23ClN2O4. The lowest BCUT2D eigenvalue weighted by Crippen LogP contribution is -2.32. The third kappa shape index (κ3) is 4.82. The summed E-state index contributed by atoms with van der Waals surface area (Å²) in [5.41, 5.74) is 2.39. The molecule has 0 spiro atoms. The van der Waals surface area contributed by atoms with Crippen LogP contribution in [0.5, 0.6) is 0 Å². The topological polar surface area (TPSA) is 83.6 Å². The van der Waals surface area contributed by atoms with Crippen molar-refractivity contribution in [2.75, 3.05) is 13.1 Å². The zero-order chi connectivity index (χ0) is 17.7. The maximum atomic E-state index is 12.8. The summed E-state index contributed by atoms with van der Waals surface area (Å²) in [6, 6.07) is 4.66. The summed E-state index contributed by atoms with van der Waals surface area (Å²) in [4.78, 5) is 26.0. The maximum absolute atomic E-state index is 12.8. The van der Waals surface area contributed by atoms with Crippen LogP contribution in [0.25, 0.3) is 11.1 Å². The molecule has 0 saturated heterocycles. The van der Waals surface area contributed by atoms with Gasteiger partial charge in [0.25, 0.3) is 5.91 Å². The average molecular weight is 367 g/mol. The van der Waals surface area contributed by atoms with E-state index >= 15 is 0 Å². The summed E-state index contributed by atoms with van der Waals surface area (Å²) >= 11 is 0. The molecular weight excluding hydrogens is 344 g/mol. The Kier molecular flexibility index (Phi) is 7.64. The van der Waals surface area contributed by atoms with Gasteiger partial charge in [-0.3, -0.25) is 4.79 Å². The fourth-order valence-electron chi connectivity index (χ4n) is 2.64. The molecule has 0 aliphatic heterocycles. The summed E-state index contributed by atoms with van der Waals surface area (Å²) in [6.45, 7) is 7.08. The van der Waals surface area contributed by atoms with E-state index in [1.54, 1.807) is 17.9 Å². The molecule has 1 aromatic heterocycles. The van der Waals surface area contributed by atoms with Crippen LogP contribution in [0.4, 0.5) is 0 Å². The van der Waals surface area contributed by atoms with Crippen molar-refractivity contribution in [1.29, 1.82) is 0 Å². The number of carboxylic acids is 1. The van der Waals surface area contributed by atoms with Crippen LogP contribution in [0, 0.1) is 6.92 Å². The van der Waals surface area contributed by atoms with Crippen molar-refractivity contribution in [3.63, 3.8) is 0 Å². The highest BCUT2D eigenvalue weighted by Crippen LogP contribution is 2.26. The van der Waals surface area contributed by atoms with E-state index in [1.165, 1.54) is 18.4 Å². The number of aryl methyl sites for hydroxylation is 1. The molecule has 0 fully saturated rings. The molecule has 136 valence electrons. The number of carboxylic acid groups (broad SMARTS) is 1. The van der Waals surface area contributed by atoms with E-state index < -0.39 is 5.97 Å². The van der Waals surface area contributed by atoms with Crippen LogP contribution in [-0.4, -0.2) is 40.1 Å². The minimum Gasteiger partial charge on any atom is -0.478 e. The Labute approximate surface area is 153 Å². The smallest absolute Gasteiger partial charge is 0.335 e. The van der Waals surface area contributed by atoms with Crippen molar-refractivity contribution < 1.29 is 19.2 Å². The number of amides is 1. The van der Waals surface area contributed by atoms with Gasteiger partial charge in [-0.15, -0.1) is 12.4 Å². The number of halogens is 1. The van der Waals surface area contributed by atoms with Gasteiger partial charge >= 0.3 is 5.97 Å². The van der Waals surface area contributed by atoms with E-state index in [2.05, 4.69) is 5.16 Å². The molecule has 0 atom stereocenters. The predicted molar refractivity (Wildman–Crippen MR) is 97.4 cm³/mol. The third-order valence-electron chi connectivity index (χ3n) is 3.76. The molecule has 6 nitrogen and oxygen atoms in total. The second-order valence-electron chi connectivity index (χ2n) is 5.71. The highest BCUT2D eigenvalue weighted by Gasteiger charge is 2.19. The van der Waals surface area contributed by atoms with Crippen molar-refractivity contribution in [2.24, 2.45) is 0 Å². The lowest BCUT2D eigenvalue weighted by molar-refractivity contribution is 0.0697. The second-order valence-corrected chi connectivity index (χ2v) is 5.71. The number of nitrogens with zero attached hydrogens (tertiary/aromatic N) is 2. The van der Waals surface area contributed by atoms with E-state index in [4.69, 9.17) is 4.52 Å². The van der Waals surface area contributed by atoms with Gasteiger partial charge in [0.2, 0.25) is 0 Å². The number of hydrogen-bond donors (Lipinski definition) is 1. The largest absolute Gasteiger partial charge is 0.478 e. The van der Waals surface area contributed by atoms with Crippen LogP contribution >= 0.6 is 12.4 Å². The lowest BCUT2D eigenvalue weighted by atomic mass is 9.99. The van der Waals surface area contributed by atoms with Crippen LogP contribution < -0.4 is 0 Å². The highest BCUT2D eigenvalue weighted by atomic mass is 35.5. The summed E-state index contributed by atoms with van der Waals surface area (Å²) in [7, 11) is 0. The van der Waals surface area contributed by atoms with Crippen molar-refractivity contribution >= 4 is 24.3 Å². The third-order valence-corrected chi connectivity index (χ3v) is 3.76. The van der Waals surface area contributed by atoms with Crippen LogP contribution in [0.15, 0.2) is 29.0 Å². The van der Waals surface area contributed by atoms with Crippen LogP contribution in [0.3, 0.4) is 0 Å². The molecule has 0 unspecified atom stereocenters. The fourth-order valence-corrected chi connectivity index (χ4v) is 2.64. The van der Waals surface area contributed by atoms with Gasteiger partial charge in [-0.05, 0) is 43.5 Å². The number of aromatic nitrogens is 1. The minimum atomic E-state index is -1.07. The normalized spacial score (nSPS) is 10.2. The van der Waals surface area contributed by atoms with E-state index in [-0.39, 0.29) is 23.9 Å². The van der Waals surface area contributed by atoms with Gasteiger partial charge < -0.3 is 14.5 Å². The average Bonchev–Trinajstić information content (AvgIpc) is 2.99. The minimum absolute atomic E-state index is 0. The molecule has 25 heavy (non-hydrogen) atoms. The first-order valence-corrected chi connectivity index (χ1v) is 8.06. The molecule has 2 aromatic rings. The molecule has 0 aliphatic carbocycles. The SMILES string of the molecule is CCCN(CCC)C(=O)c1cc(C(=O)O)cc(-c2conc2C)c1.Cl. The van der Waals surface area contributed by atoms with Gasteiger partial charge in [0.05, 0.1) is 11.3 Å². The van der Waals surface area contributed by atoms with E-state index in [9.17, 15) is 14.7 Å². The predicted octanol–water partition coefficient (Wildman–Crippen LogP) is 4.03. The van der Waals surface area contributed by atoms with E-state index in [1.807, 2.05) is 13.8 Å². The molecule has 1 N–H and O–H groups in total. The van der Waals surface area contributed by atoms with Gasteiger partial charge in [0.1, 0.15) is 6.26 Å². The van der Waals surface area contributed by atoms with Crippen molar-refractivity contribution in [1.82, 2.24) is 10.1 Å². The van der Waals surface area contributed by atoms with Gasteiger partial charge in [0.15, 0.2) is 0 Å². The van der Waals surface area contributed by atoms with Gasteiger partial charge in [0, 0.05) is 24.2 Å². The second kappa shape index (κ2) is 9.22. The first-order valence-electron chi connectivity index (χ1n) is 8.06. The molecule has 2 rings (SSSR count). The number of carbonyl (C=O) groups excluding carboxylic acids is 1. The summed E-state index contributed by atoms with van der Waals surface area (Å²) < 4.78 is 4.93. The number of carbonyl (C=O) groups is 2. The Balaban J connectivity index is 0.00000312. The summed E-state index contributed by atoms with van der Waals surface area (Å²) in [5.74, 6) is -1.23. The number of hydrogen-bond acceptors (Lipinski definition) is 4. The number of benzene rings is 1. The zero-order valence-corrected chi connectivity index (χ0v) is 15.4. The number of rotatable bonds is 7. The first kappa shape index (κ1) is 20.7. The maximum Gasteiger partial charge on any atom is 0.335 e. The van der Waals surface area contributed by atoms with E-state index in [0.29, 0.717) is 35.5 Å². The van der Waals surface area contributed by atoms with Crippen molar-refractivity contribution in [3.05, 3.63) is 41.3 Å². The Morgan fingerprint density at radius 3 is 2.20 bits per heavy atom.